The van der Waals surface area contributed by atoms with Gasteiger partial charge in [0.05, 0.1) is 10.0 Å². The predicted octanol–water partition coefficient (Wildman–Crippen LogP) is 3.26. The molecule has 7 heteroatoms. The minimum atomic E-state index is 0. The molecule has 0 aliphatic rings. The molecule has 0 saturated carbocycles. The van der Waals surface area contributed by atoms with Crippen molar-refractivity contribution in [2.45, 2.75) is 0 Å². The second kappa shape index (κ2) is 7.74. The fourth-order valence-corrected chi connectivity index (χ4v) is 2.17. The Morgan fingerprint density at radius 2 is 0.905 bits per heavy atom. The van der Waals surface area contributed by atoms with Gasteiger partial charge in [0.25, 0.3) is 0 Å². The second-order valence-corrected chi connectivity index (χ2v) is 4.82. The van der Waals surface area contributed by atoms with Crippen molar-refractivity contribution in [3.05, 3.63) is 58.6 Å². The van der Waals surface area contributed by atoms with Gasteiger partial charge in [-0.15, -0.1) is 20.4 Å². The Labute approximate surface area is 174 Å². The molecule has 0 unspecified atom stereocenters. The van der Waals surface area contributed by atoms with Gasteiger partial charge in [-0.05, 0) is 24.3 Å². The average Bonchev–Trinajstić information content (AvgIpc) is 2.49. The molecule has 100 valence electrons. The Hall–Kier alpha value is -0.404. The summed E-state index contributed by atoms with van der Waals surface area (Å²) in [5.41, 5.74) is 1.39. The van der Waals surface area contributed by atoms with Crippen LogP contribution in [0.4, 0.5) is 0 Å². The van der Waals surface area contributed by atoms with Crippen LogP contribution in [0, 0.1) is 0 Å². The van der Waals surface area contributed by atoms with Crippen molar-refractivity contribution in [1.29, 1.82) is 0 Å². The van der Waals surface area contributed by atoms with E-state index < -0.39 is 0 Å². The summed E-state index contributed by atoms with van der Waals surface area (Å²) in [6.07, 6.45) is 0. The van der Waals surface area contributed by atoms with Crippen LogP contribution in [0.3, 0.4) is 0 Å². The third-order valence-corrected chi connectivity index (χ3v) is 3.37. The van der Waals surface area contributed by atoms with Gasteiger partial charge in [0, 0.05) is 11.1 Å². The van der Waals surface area contributed by atoms with Crippen molar-refractivity contribution >= 4 is 74.6 Å². The number of halogens is 2. The molecule has 2 aromatic carbocycles. The zero-order valence-corrected chi connectivity index (χ0v) is 11.7. The number of hydrogen-bond acceptors (Lipinski definition) is 4. The van der Waals surface area contributed by atoms with Gasteiger partial charge in [0.1, 0.15) is 0 Å². The van der Waals surface area contributed by atoms with Gasteiger partial charge >= 0.3 is 51.4 Å². The third kappa shape index (κ3) is 3.87. The van der Waals surface area contributed by atoms with Gasteiger partial charge in [0.2, 0.25) is 11.6 Å². The number of rotatable bonds is 2. The Balaban J connectivity index is 0.00000161. The molecule has 1 heterocycles. The first-order valence-electron chi connectivity index (χ1n) is 5.83. The summed E-state index contributed by atoms with van der Waals surface area (Å²) in [6, 6.07) is 14.5. The first-order valence-corrected chi connectivity index (χ1v) is 6.58. The molecule has 0 atom stereocenters. The summed E-state index contributed by atoms with van der Waals surface area (Å²) in [6.45, 7) is 0. The van der Waals surface area contributed by atoms with Gasteiger partial charge in [-0.3, -0.25) is 0 Å². The Morgan fingerprint density at radius 3 is 1.24 bits per heavy atom. The third-order valence-electron chi connectivity index (χ3n) is 2.71. The van der Waals surface area contributed by atoms with E-state index in [4.69, 9.17) is 23.2 Å². The quantitative estimate of drug-likeness (QED) is 0.670. The molecule has 0 saturated heterocycles. The van der Waals surface area contributed by atoms with Gasteiger partial charge < -0.3 is 0 Å². The van der Waals surface area contributed by atoms with Crippen LogP contribution in [-0.4, -0.2) is 71.8 Å². The van der Waals surface area contributed by atoms with Crippen molar-refractivity contribution in [2.24, 2.45) is 0 Å². The first kappa shape index (κ1) is 17.0. The van der Waals surface area contributed by atoms with Gasteiger partial charge in [-0.2, -0.15) is 0 Å². The van der Waals surface area contributed by atoms with Crippen molar-refractivity contribution in [3.63, 3.8) is 0 Å². The standard InChI is InChI=1S/C14H8Cl2N4.K.H/c15-11-7-3-1-5-9(11)13-17-19-14(20-18-13)10-6-2-4-8-12(10)16;;/h1-8H;;. The molecular formula is C14H9Cl2KN4. The molecule has 0 fully saturated rings. The molecule has 3 rings (SSSR count). The molecule has 3 aromatic rings. The van der Waals surface area contributed by atoms with Crippen LogP contribution >= 0.6 is 23.2 Å². The van der Waals surface area contributed by atoms with E-state index in [0.717, 1.165) is 0 Å². The molecule has 0 aliphatic carbocycles. The Morgan fingerprint density at radius 1 is 0.571 bits per heavy atom. The molecule has 21 heavy (non-hydrogen) atoms. The summed E-state index contributed by atoms with van der Waals surface area (Å²) in [7, 11) is 0. The zero-order chi connectivity index (χ0) is 13.9. The monoisotopic (exact) mass is 342 g/mol. The van der Waals surface area contributed by atoms with Gasteiger partial charge in [-0.25, -0.2) is 0 Å². The van der Waals surface area contributed by atoms with Crippen molar-refractivity contribution in [3.8, 4) is 22.8 Å². The van der Waals surface area contributed by atoms with Gasteiger partial charge in [-0.1, -0.05) is 47.5 Å². The van der Waals surface area contributed by atoms with E-state index >= 15 is 0 Å². The van der Waals surface area contributed by atoms with Crippen LogP contribution in [0.15, 0.2) is 48.5 Å². The fraction of sp³-hybridized carbons (Fsp3) is 0. The van der Waals surface area contributed by atoms with Crippen LogP contribution < -0.4 is 0 Å². The van der Waals surface area contributed by atoms with E-state index in [2.05, 4.69) is 20.4 Å². The molecule has 0 spiro atoms. The van der Waals surface area contributed by atoms with Crippen molar-refractivity contribution < 1.29 is 0 Å². The van der Waals surface area contributed by atoms with E-state index in [1.54, 1.807) is 12.1 Å². The summed E-state index contributed by atoms with van der Waals surface area (Å²) in [5, 5.41) is 17.4. The summed E-state index contributed by atoms with van der Waals surface area (Å²) >= 11 is 12.2. The first-order chi connectivity index (χ1) is 9.75. The molecule has 0 N–H and O–H groups in total. The Bertz CT molecular complexity index is 685. The number of hydrogen-bond donors (Lipinski definition) is 0. The fourth-order valence-electron chi connectivity index (χ4n) is 1.73. The molecule has 1 aromatic heterocycles. The number of benzene rings is 2. The van der Waals surface area contributed by atoms with Crippen molar-refractivity contribution in [2.75, 3.05) is 0 Å². The topological polar surface area (TPSA) is 51.6 Å². The van der Waals surface area contributed by atoms with Crippen LogP contribution in [-0.2, 0) is 0 Å². The molecule has 0 bridgehead atoms. The van der Waals surface area contributed by atoms with E-state index in [1.165, 1.54) is 0 Å². The summed E-state index contributed by atoms with van der Waals surface area (Å²) in [5.74, 6) is 0.762. The van der Waals surface area contributed by atoms with Crippen LogP contribution in [0.2, 0.25) is 10.0 Å². The minimum absolute atomic E-state index is 0. The molecular weight excluding hydrogens is 334 g/mol. The Kier molecular flexibility index (Phi) is 6.25. The summed E-state index contributed by atoms with van der Waals surface area (Å²) in [4.78, 5) is 0. The van der Waals surface area contributed by atoms with Crippen LogP contribution in [0.25, 0.3) is 22.8 Å². The maximum absolute atomic E-state index is 6.08. The van der Waals surface area contributed by atoms with E-state index in [0.29, 0.717) is 32.8 Å². The molecule has 0 amide bonds. The second-order valence-electron chi connectivity index (χ2n) is 4.01. The molecule has 0 aliphatic heterocycles. The van der Waals surface area contributed by atoms with Gasteiger partial charge in [0.15, 0.2) is 0 Å². The number of nitrogens with zero attached hydrogens (tertiary/aromatic N) is 4. The van der Waals surface area contributed by atoms with E-state index in [-0.39, 0.29) is 51.4 Å². The average molecular weight is 343 g/mol. The zero-order valence-electron chi connectivity index (χ0n) is 10.2. The van der Waals surface area contributed by atoms with Crippen LogP contribution in [0.1, 0.15) is 0 Å². The van der Waals surface area contributed by atoms with E-state index in [9.17, 15) is 0 Å². The molecule has 0 radical (unpaired) electrons. The number of aromatic nitrogens is 4. The molecule has 4 nitrogen and oxygen atoms in total. The predicted molar refractivity (Wildman–Crippen MR) is 85.7 cm³/mol. The van der Waals surface area contributed by atoms with Crippen LogP contribution in [0.5, 0.6) is 0 Å². The van der Waals surface area contributed by atoms with Crippen molar-refractivity contribution in [1.82, 2.24) is 20.4 Å². The van der Waals surface area contributed by atoms with E-state index in [1.807, 2.05) is 36.4 Å². The SMILES string of the molecule is Clc1ccccc1-c1nnc(-c2ccccc2Cl)nn1.[KH]. The normalized spacial score (nSPS) is 10.0. The summed E-state index contributed by atoms with van der Waals surface area (Å²) < 4.78 is 0. The maximum atomic E-state index is 6.08.